The Morgan fingerprint density at radius 2 is 1.91 bits per heavy atom. The number of rotatable bonds is 8. The predicted octanol–water partition coefficient (Wildman–Crippen LogP) is -0.968. The van der Waals surface area contributed by atoms with Gasteiger partial charge in [0.1, 0.15) is 11.7 Å². The lowest BCUT2D eigenvalue weighted by Gasteiger charge is -2.27. The van der Waals surface area contributed by atoms with E-state index in [1.165, 1.54) is 0 Å². The number of nitrogens with two attached hydrogens (primary N) is 1. The van der Waals surface area contributed by atoms with E-state index in [0.717, 1.165) is 17.8 Å². The third-order valence-electron chi connectivity index (χ3n) is 4.24. The average molecular weight is 539 g/mol. The minimum Gasteiger partial charge on any atom is -0.387 e. The molecule has 0 aromatic carbocycles. The molecule has 8 N–H and O–H groups in total. The summed E-state index contributed by atoms with van der Waals surface area (Å²) in [6.07, 6.45) is -4.94. The number of anilines is 1. The molecule has 6 atom stereocenters. The zero-order valence-corrected chi connectivity index (χ0v) is 18.8. The number of halogens is 1. The number of aliphatic hydroxyl groups is 1. The summed E-state index contributed by atoms with van der Waals surface area (Å²) < 4.78 is 66.7. The number of hydrogen-bond acceptors (Lipinski definition) is 12. The van der Waals surface area contributed by atoms with Gasteiger partial charge in [-0.15, -0.1) is 0 Å². The first-order valence-electron chi connectivity index (χ1n) is 8.44. The normalized spacial score (nSPS) is 29.7. The van der Waals surface area contributed by atoms with Gasteiger partial charge in [0.15, 0.2) is 23.6 Å². The summed E-state index contributed by atoms with van der Waals surface area (Å²) in [6, 6.07) is 0. The van der Waals surface area contributed by atoms with Gasteiger partial charge < -0.3 is 35.2 Å². The van der Waals surface area contributed by atoms with Gasteiger partial charge in [-0.2, -0.15) is 13.6 Å². The summed E-state index contributed by atoms with van der Waals surface area (Å²) in [6.45, 7) is -0.0831. The molecule has 18 nitrogen and oxygen atoms in total. The summed E-state index contributed by atoms with van der Waals surface area (Å²) in [5.74, 6) is -0.321. The Morgan fingerprint density at radius 1 is 1.27 bits per heavy atom. The van der Waals surface area contributed by atoms with E-state index in [1.807, 2.05) is 0 Å². The molecule has 3 rings (SSSR count). The number of nitrogens with one attached hydrogen (secondary N) is 1. The minimum atomic E-state index is -5.78. The number of aromatic amines is 1. The molecule has 3 heterocycles. The Kier molecular flexibility index (Phi) is 6.76. The molecule has 0 bridgehead atoms. The number of nitrogen functional groups attached to an aromatic ring is 1. The highest BCUT2D eigenvalue weighted by molar-refractivity contribution is 7.66. The van der Waals surface area contributed by atoms with Crippen molar-refractivity contribution in [2.75, 3.05) is 12.3 Å². The second-order valence-electron chi connectivity index (χ2n) is 6.85. The van der Waals surface area contributed by atoms with E-state index < -0.39 is 59.7 Å². The lowest BCUT2D eigenvalue weighted by Crippen LogP contribution is -2.43. The average Bonchev–Trinajstić information content (AvgIpc) is 3.12. The third kappa shape index (κ3) is 5.74. The van der Waals surface area contributed by atoms with Gasteiger partial charge in [0.2, 0.25) is 5.95 Å². The van der Waals surface area contributed by atoms with Crippen molar-refractivity contribution in [1.82, 2.24) is 19.5 Å². The van der Waals surface area contributed by atoms with Crippen LogP contribution >= 0.6 is 23.5 Å². The van der Waals surface area contributed by atoms with Crippen LogP contribution in [0.4, 0.5) is 10.3 Å². The van der Waals surface area contributed by atoms with Gasteiger partial charge in [-0.3, -0.25) is 18.9 Å². The number of H-pyrrole nitrogens is 1. The van der Waals surface area contributed by atoms with Crippen LogP contribution < -0.4 is 11.3 Å². The zero-order chi connectivity index (χ0) is 25.0. The second-order valence-corrected chi connectivity index (χ2v) is 11.3. The van der Waals surface area contributed by atoms with Gasteiger partial charge in [-0.1, -0.05) is 0 Å². The van der Waals surface area contributed by atoms with Crippen molar-refractivity contribution >= 4 is 40.6 Å². The summed E-state index contributed by atoms with van der Waals surface area (Å²) in [5.41, 5.74) is 2.22. The summed E-state index contributed by atoms with van der Waals surface area (Å²) in [5, 5.41) is 10.3. The van der Waals surface area contributed by atoms with Gasteiger partial charge in [0, 0.05) is 0 Å². The molecule has 6 unspecified atom stereocenters. The molecule has 2 aromatic rings. The van der Waals surface area contributed by atoms with Gasteiger partial charge in [-0.05, 0) is 6.92 Å². The standard InChI is InChI=1S/C11H17FN5O13P3/c1-11(2-27-32(23,24)30-33(25,26)29-31(20,21)22)6(18)4(12)9(28-11)17-3-14-5-7(17)15-10(13)16-8(5)19/h3-4,6,9,18H,2H2,1H3,(H,23,24)(H,25,26)(H2,20,21,22)(H3,13,15,16,19). The maximum absolute atomic E-state index is 14.9. The van der Waals surface area contributed by atoms with Crippen LogP contribution in [0.1, 0.15) is 13.2 Å². The lowest BCUT2D eigenvalue weighted by atomic mass is 9.99. The van der Waals surface area contributed by atoms with Gasteiger partial charge >= 0.3 is 23.5 Å². The topological polar surface area (TPSA) is 279 Å². The molecule has 1 aliphatic heterocycles. The largest absolute Gasteiger partial charge is 0.490 e. The molecule has 186 valence electrons. The van der Waals surface area contributed by atoms with E-state index >= 15 is 0 Å². The third-order valence-corrected chi connectivity index (χ3v) is 8.03. The number of alkyl halides is 1. The number of imidazole rings is 1. The van der Waals surface area contributed by atoms with Crippen molar-refractivity contribution in [3.8, 4) is 0 Å². The molecule has 1 aliphatic rings. The molecule has 22 heteroatoms. The van der Waals surface area contributed by atoms with E-state index in [2.05, 4.69) is 28.1 Å². The van der Waals surface area contributed by atoms with Crippen LogP contribution in [-0.2, 0) is 31.6 Å². The van der Waals surface area contributed by atoms with Crippen molar-refractivity contribution < 1.29 is 60.6 Å². The number of hydrogen-bond donors (Lipinski definition) is 7. The highest BCUT2D eigenvalue weighted by atomic mass is 31.3. The SMILES string of the molecule is CC1(COP(=O)(O)OP(=O)(O)OP(=O)(O)O)OC(n2cnc3c(=O)[nH]c(N)nc32)C(F)C1O. The van der Waals surface area contributed by atoms with Crippen LogP contribution in [0.3, 0.4) is 0 Å². The molecular weight excluding hydrogens is 522 g/mol. The monoisotopic (exact) mass is 539 g/mol. The molecule has 33 heavy (non-hydrogen) atoms. The number of phosphoric acid groups is 3. The highest BCUT2D eigenvalue weighted by Crippen LogP contribution is 2.66. The Hall–Kier alpha value is -1.59. The van der Waals surface area contributed by atoms with Gasteiger partial charge in [0.25, 0.3) is 5.56 Å². The predicted molar refractivity (Wildman–Crippen MR) is 102 cm³/mol. The summed E-state index contributed by atoms with van der Waals surface area (Å²) in [7, 11) is -16.9. The fourth-order valence-electron chi connectivity index (χ4n) is 2.88. The van der Waals surface area contributed by atoms with Crippen molar-refractivity contribution in [2.24, 2.45) is 0 Å². The van der Waals surface area contributed by atoms with Crippen LogP contribution in [0.2, 0.25) is 0 Å². The number of aromatic nitrogens is 4. The first kappa shape index (κ1) is 26.0. The maximum atomic E-state index is 14.9. The number of nitrogens with zero attached hydrogens (tertiary/aromatic N) is 3. The Bertz CT molecular complexity index is 1260. The quantitative estimate of drug-likeness (QED) is 0.199. The minimum absolute atomic E-state index is 0.201. The van der Waals surface area contributed by atoms with E-state index in [4.69, 9.17) is 25.2 Å². The molecule has 1 saturated heterocycles. The molecule has 2 aromatic heterocycles. The molecule has 1 fully saturated rings. The van der Waals surface area contributed by atoms with Crippen LogP contribution in [0.25, 0.3) is 11.2 Å². The van der Waals surface area contributed by atoms with E-state index in [1.54, 1.807) is 0 Å². The van der Waals surface area contributed by atoms with Crippen molar-refractivity contribution in [1.29, 1.82) is 0 Å². The number of aliphatic hydroxyl groups excluding tert-OH is 1. The molecule has 0 radical (unpaired) electrons. The molecule has 0 aliphatic carbocycles. The first-order valence-corrected chi connectivity index (χ1v) is 13.0. The zero-order valence-electron chi connectivity index (χ0n) is 16.2. The van der Waals surface area contributed by atoms with Gasteiger partial charge in [-0.25, -0.2) is 23.1 Å². The Balaban J connectivity index is 1.79. The summed E-state index contributed by atoms with van der Waals surface area (Å²) in [4.78, 5) is 57.4. The van der Waals surface area contributed by atoms with Crippen LogP contribution in [0.5, 0.6) is 0 Å². The Morgan fingerprint density at radius 3 is 2.52 bits per heavy atom. The Labute approximate surface area is 181 Å². The van der Waals surface area contributed by atoms with E-state index in [9.17, 15) is 32.9 Å². The number of fused-ring (bicyclic) bond motifs is 1. The summed E-state index contributed by atoms with van der Waals surface area (Å²) >= 11 is 0. The fourth-order valence-corrected chi connectivity index (χ4v) is 5.99. The van der Waals surface area contributed by atoms with Crippen molar-refractivity contribution in [3.63, 3.8) is 0 Å². The van der Waals surface area contributed by atoms with Crippen molar-refractivity contribution in [2.45, 2.75) is 31.0 Å². The van der Waals surface area contributed by atoms with E-state index in [-0.39, 0.29) is 17.1 Å². The van der Waals surface area contributed by atoms with Crippen molar-refractivity contribution in [3.05, 3.63) is 16.7 Å². The molecule has 0 spiro atoms. The van der Waals surface area contributed by atoms with Crippen LogP contribution in [-0.4, -0.2) is 68.7 Å². The number of ether oxygens (including phenoxy) is 1. The maximum Gasteiger partial charge on any atom is 0.490 e. The molecule has 0 saturated carbocycles. The fraction of sp³-hybridized carbons (Fsp3) is 0.545. The lowest BCUT2D eigenvalue weighted by molar-refractivity contribution is -0.113. The molecular formula is C11H17FN5O13P3. The number of phosphoric ester groups is 1. The highest BCUT2D eigenvalue weighted by Gasteiger charge is 2.55. The van der Waals surface area contributed by atoms with Crippen LogP contribution in [0, 0.1) is 0 Å². The first-order chi connectivity index (χ1) is 14.9. The van der Waals surface area contributed by atoms with Gasteiger partial charge in [0.05, 0.1) is 12.9 Å². The van der Waals surface area contributed by atoms with E-state index in [0.29, 0.717) is 0 Å². The second kappa shape index (κ2) is 8.57. The molecule has 0 amide bonds. The van der Waals surface area contributed by atoms with Crippen LogP contribution in [0.15, 0.2) is 11.1 Å². The smallest absolute Gasteiger partial charge is 0.387 e.